The van der Waals surface area contributed by atoms with E-state index in [0.717, 1.165) is 6.42 Å². The van der Waals surface area contributed by atoms with Crippen LogP contribution in [0.3, 0.4) is 0 Å². The fourth-order valence-corrected chi connectivity index (χ4v) is 4.18. The number of hydrogen-bond acceptors (Lipinski definition) is 4. The minimum atomic E-state index is -0.748. The van der Waals surface area contributed by atoms with Crippen molar-refractivity contribution >= 4 is 52.2 Å². The van der Waals surface area contributed by atoms with Gasteiger partial charge in [-0.25, -0.2) is 0 Å². The van der Waals surface area contributed by atoms with Crippen LogP contribution in [0.15, 0.2) is 66.7 Å². The molecule has 0 unspecified atom stereocenters. The number of ketones is 1. The summed E-state index contributed by atoms with van der Waals surface area (Å²) in [5.74, 6) is -0.771. The molecule has 0 heterocycles. The highest BCUT2D eigenvalue weighted by molar-refractivity contribution is 6.35. The molecule has 206 valence electrons. The fourth-order valence-electron chi connectivity index (χ4n) is 3.85. The molecule has 0 bridgehead atoms. The molecule has 0 radical (unpaired) electrons. The molecule has 0 aliphatic heterocycles. The Kier molecular flexibility index (Phi) is 10.2. The van der Waals surface area contributed by atoms with Crippen molar-refractivity contribution in [2.45, 2.75) is 59.0 Å². The number of ether oxygens (including phenoxy) is 1. The fraction of sp³-hybridized carbons (Fsp3) is 0.323. The van der Waals surface area contributed by atoms with Crippen molar-refractivity contribution in [2.24, 2.45) is 5.92 Å². The summed E-state index contributed by atoms with van der Waals surface area (Å²) >= 11 is 12.0. The molecular weight excluding hydrogens is 535 g/mol. The topological polar surface area (TPSA) is 84.5 Å². The Bertz CT molecular complexity index is 1340. The van der Waals surface area contributed by atoms with Crippen LogP contribution >= 0.6 is 23.2 Å². The third kappa shape index (κ3) is 8.32. The van der Waals surface area contributed by atoms with Crippen molar-refractivity contribution in [3.05, 3.63) is 87.9 Å². The van der Waals surface area contributed by atoms with Crippen molar-refractivity contribution < 1.29 is 19.1 Å². The van der Waals surface area contributed by atoms with Gasteiger partial charge in [0.2, 0.25) is 5.91 Å². The van der Waals surface area contributed by atoms with E-state index in [0.29, 0.717) is 27.2 Å². The molecule has 0 spiro atoms. The van der Waals surface area contributed by atoms with E-state index in [-0.39, 0.29) is 22.8 Å². The average Bonchev–Trinajstić information content (AvgIpc) is 2.89. The predicted octanol–water partition coefficient (Wildman–Crippen LogP) is 7.93. The lowest BCUT2D eigenvalue weighted by molar-refractivity contribution is -0.124. The number of nitrogens with one attached hydrogen (secondary N) is 2. The lowest BCUT2D eigenvalue weighted by atomic mass is 9.82. The van der Waals surface area contributed by atoms with Crippen LogP contribution in [0.5, 0.6) is 5.75 Å². The normalized spacial score (nSPS) is 12.1. The maximum Gasteiger partial charge on any atom is 0.265 e. The van der Waals surface area contributed by atoms with Gasteiger partial charge in [-0.3, -0.25) is 14.4 Å². The van der Waals surface area contributed by atoms with Crippen LogP contribution in [0, 0.1) is 5.92 Å². The van der Waals surface area contributed by atoms with Crippen molar-refractivity contribution in [3.8, 4) is 5.75 Å². The molecule has 2 N–H and O–H groups in total. The molecule has 2 amide bonds. The Balaban J connectivity index is 1.65. The van der Waals surface area contributed by atoms with Crippen molar-refractivity contribution in [3.63, 3.8) is 0 Å². The van der Waals surface area contributed by atoms with Gasteiger partial charge < -0.3 is 15.4 Å². The number of rotatable bonds is 11. The van der Waals surface area contributed by atoms with Crippen LogP contribution in [-0.2, 0) is 15.0 Å². The second-order valence-electron chi connectivity index (χ2n) is 10.4. The van der Waals surface area contributed by atoms with E-state index < -0.39 is 24.2 Å². The SMILES string of the molecule is CCC(C)(C)c1ccc(O[C@H](C(=O)Nc2cccc(C(=O)CC(=O)Nc3cc(Cl)ccc3Cl)c2)C(C)C)cc1. The first kappa shape index (κ1) is 30.2. The number of benzene rings is 3. The van der Waals surface area contributed by atoms with Crippen LogP contribution in [0.1, 0.15) is 63.4 Å². The standard InChI is InChI=1S/C31H34Cl2N2O4/c1-6-31(4,5)21-10-13-24(14-11-21)39-29(19(2)3)30(38)34-23-9-7-8-20(16-23)27(36)18-28(37)35-26-17-22(32)12-15-25(26)33/h7-17,19,29H,6,18H2,1-5H3,(H,34,38)(H,35,37)/t29-/m0/s1. The third-order valence-corrected chi connectivity index (χ3v) is 7.19. The highest BCUT2D eigenvalue weighted by Crippen LogP contribution is 2.29. The summed E-state index contributed by atoms with van der Waals surface area (Å²) in [6.07, 6.45) is -0.141. The predicted molar refractivity (Wildman–Crippen MR) is 158 cm³/mol. The molecule has 39 heavy (non-hydrogen) atoms. The molecule has 3 aromatic rings. The smallest absolute Gasteiger partial charge is 0.265 e. The molecule has 3 rings (SSSR count). The maximum absolute atomic E-state index is 13.1. The number of amides is 2. The molecule has 0 aromatic heterocycles. The monoisotopic (exact) mass is 568 g/mol. The highest BCUT2D eigenvalue weighted by atomic mass is 35.5. The first-order valence-corrected chi connectivity index (χ1v) is 13.6. The molecule has 0 aliphatic carbocycles. The number of carbonyl (C=O) groups is 3. The molecular formula is C31H34Cl2N2O4. The van der Waals surface area contributed by atoms with Gasteiger partial charge >= 0.3 is 0 Å². The highest BCUT2D eigenvalue weighted by Gasteiger charge is 2.25. The van der Waals surface area contributed by atoms with Crippen LogP contribution in [0.4, 0.5) is 11.4 Å². The number of carbonyl (C=O) groups excluding carboxylic acids is 3. The van der Waals surface area contributed by atoms with E-state index in [2.05, 4.69) is 31.4 Å². The van der Waals surface area contributed by atoms with Gasteiger partial charge in [0.25, 0.3) is 5.91 Å². The largest absolute Gasteiger partial charge is 0.480 e. The quantitative estimate of drug-likeness (QED) is 0.181. The molecule has 8 heteroatoms. The molecule has 1 atom stereocenters. The van der Waals surface area contributed by atoms with Crippen molar-refractivity contribution in [2.75, 3.05) is 10.6 Å². The molecule has 3 aromatic carbocycles. The first-order valence-electron chi connectivity index (χ1n) is 12.9. The van der Waals surface area contributed by atoms with Gasteiger partial charge in [-0.05, 0) is 65.8 Å². The summed E-state index contributed by atoms with van der Waals surface area (Å²) in [6, 6.07) is 19.0. The summed E-state index contributed by atoms with van der Waals surface area (Å²) < 4.78 is 6.06. The zero-order chi connectivity index (χ0) is 28.7. The van der Waals surface area contributed by atoms with E-state index >= 15 is 0 Å². The Morgan fingerprint density at radius 3 is 2.26 bits per heavy atom. The number of halogens is 2. The van der Waals surface area contributed by atoms with Gasteiger partial charge in [0.1, 0.15) is 5.75 Å². The average molecular weight is 570 g/mol. The molecule has 0 saturated carbocycles. The second kappa shape index (κ2) is 13.1. The summed E-state index contributed by atoms with van der Waals surface area (Å²) in [5, 5.41) is 6.16. The number of Topliss-reactive ketones (excluding diaryl/α,β-unsaturated/α-hetero) is 1. The van der Waals surface area contributed by atoms with E-state index in [1.807, 2.05) is 38.1 Å². The zero-order valence-corrected chi connectivity index (χ0v) is 24.3. The van der Waals surface area contributed by atoms with Crippen LogP contribution in [-0.4, -0.2) is 23.7 Å². The van der Waals surface area contributed by atoms with E-state index in [9.17, 15) is 14.4 Å². The minimum Gasteiger partial charge on any atom is -0.480 e. The summed E-state index contributed by atoms with van der Waals surface area (Å²) in [4.78, 5) is 38.4. The Morgan fingerprint density at radius 1 is 0.923 bits per heavy atom. The summed E-state index contributed by atoms with van der Waals surface area (Å²) in [6.45, 7) is 10.3. The second-order valence-corrected chi connectivity index (χ2v) is 11.2. The zero-order valence-electron chi connectivity index (χ0n) is 22.8. The van der Waals surface area contributed by atoms with Gasteiger partial charge in [-0.15, -0.1) is 0 Å². The first-order chi connectivity index (χ1) is 18.4. The summed E-state index contributed by atoms with van der Waals surface area (Å²) in [7, 11) is 0. The van der Waals surface area contributed by atoms with E-state index in [4.69, 9.17) is 27.9 Å². The number of anilines is 2. The van der Waals surface area contributed by atoms with Crippen LogP contribution < -0.4 is 15.4 Å². The Labute approximate surface area is 240 Å². The summed E-state index contributed by atoms with van der Waals surface area (Å²) in [5.41, 5.74) is 2.30. The number of hydrogen-bond donors (Lipinski definition) is 2. The van der Waals surface area contributed by atoms with E-state index in [1.54, 1.807) is 36.4 Å². The minimum absolute atomic E-state index is 0.0544. The molecule has 6 nitrogen and oxygen atoms in total. The lowest BCUT2D eigenvalue weighted by Crippen LogP contribution is -2.37. The van der Waals surface area contributed by atoms with Crippen LogP contribution in [0.25, 0.3) is 0 Å². The molecule has 0 saturated heterocycles. The van der Waals surface area contributed by atoms with Crippen molar-refractivity contribution in [1.29, 1.82) is 0 Å². The van der Waals surface area contributed by atoms with Gasteiger partial charge in [-0.1, -0.05) is 82.1 Å². The van der Waals surface area contributed by atoms with Crippen molar-refractivity contribution in [1.82, 2.24) is 0 Å². The van der Waals surface area contributed by atoms with Crippen LogP contribution in [0.2, 0.25) is 10.0 Å². The molecule has 0 aliphatic rings. The van der Waals surface area contributed by atoms with E-state index in [1.165, 1.54) is 11.6 Å². The maximum atomic E-state index is 13.1. The van der Waals surface area contributed by atoms with Gasteiger partial charge in [0, 0.05) is 16.3 Å². The van der Waals surface area contributed by atoms with Gasteiger partial charge in [-0.2, -0.15) is 0 Å². The lowest BCUT2D eigenvalue weighted by Gasteiger charge is -2.25. The Morgan fingerprint density at radius 2 is 1.62 bits per heavy atom. The third-order valence-electron chi connectivity index (χ3n) is 6.62. The van der Waals surface area contributed by atoms with Gasteiger partial charge in [0.15, 0.2) is 11.9 Å². The van der Waals surface area contributed by atoms with Gasteiger partial charge in [0.05, 0.1) is 17.1 Å². The molecule has 0 fully saturated rings. The Hall–Kier alpha value is -3.35.